The SMILES string of the molecule is CC1(NC(=O)CCCCCl)CCOCC1. The third kappa shape index (κ3) is 4.85. The molecule has 0 aromatic heterocycles. The first-order valence-corrected chi connectivity index (χ1v) is 6.14. The Labute approximate surface area is 96.5 Å². The first kappa shape index (κ1) is 12.8. The Kier molecular flexibility index (Phi) is 5.40. The molecule has 1 aliphatic heterocycles. The Morgan fingerprint density at radius 2 is 2.07 bits per heavy atom. The monoisotopic (exact) mass is 233 g/mol. The van der Waals surface area contributed by atoms with Crippen LogP contribution in [0.4, 0.5) is 0 Å². The van der Waals surface area contributed by atoms with Gasteiger partial charge >= 0.3 is 0 Å². The molecule has 4 heteroatoms. The largest absolute Gasteiger partial charge is 0.381 e. The first-order valence-electron chi connectivity index (χ1n) is 5.61. The van der Waals surface area contributed by atoms with Gasteiger partial charge in [0.1, 0.15) is 0 Å². The van der Waals surface area contributed by atoms with Gasteiger partial charge in [0.2, 0.25) is 5.91 Å². The van der Waals surface area contributed by atoms with E-state index in [2.05, 4.69) is 12.2 Å². The summed E-state index contributed by atoms with van der Waals surface area (Å²) < 4.78 is 5.28. The molecule has 0 atom stereocenters. The lowest BCUT2D eigenvalue weighted by Gasteiger charge is -2.34. The van der Waals surface area contributed by atoms with Crippen molar-refractivity contribution in [3.63, 3.8) is 0 Å². The summed E-state index contributed by atoms with van der Waals surface area (Å²) in [6.45, 7) is 3.59. The standard InChI is InChI=1S/C11H20ClNO2/c1-11(5-8-15-9-6-11)13-10(14)4-2-3-7-12/h2-9H2,1H3,(H,13,14). The number of carbonyl (C=O) groups is 1. The topological polar surface area (TPSA) is 38.3 Å². The smallest absolute Gasteiger partial charge is 0.220 e. The van der Waals surface area contributed by atoms with Crippen LogP contribution in [0.3, 0.4) is 0 Å². The lowest BCUT2D eigenvalue weighted by molar-refractivity contribution is -0.124. The summed E-state index contributed by atoms with van der Waals surface area (Å²) in [5.74, 6) is 0.780. The third-order valence-electron chi connectivity index (χ3n) is 2.83. The van der Waals surface area contributed by atoms with Gasteiger partial charge in [-0.25, -0.2) is 0 Å². The van der Waals surface area contributed by atoms with Gasteiger partial charge in [-0.2, -0.15) is 0 Å². The van der Waals surface area contributed by atoms with E-state index in [1.54, 1.807) is 0 Å². The Hall–Kier alpha value is -0.280. The Morgan fingerprint density at radius 3 is 2.67 bits per heavy atom. The molecular weight excluding hydrogens is 214 g/mol. The van der Waals surface area contributed by atoms with Crippen molar-refractivity contribution in [3.05, 3.63) is 0 Å². The van der Waals surface area contributed by atoms with E-state index in [-0.39, 0.29) is 11.4 Å². The molecular formula is C11H20ClNO2. The number of amides is 1. The second-order valence-corrected chi connectivity index (χ2v) is 4.75. The number of ether oxygens (including phenoxy) is 1. The lowest BCUT2D eigenvalue weighted by atomic mass is 9.92. The summed E-state index contributed by atoms with van der Waals surface area (Å²) in [7, 11) is 0. The summed E-state index contributed by atoms with van der Waals surface area (Å²) in [6.07, 6.45) is 4.20. The van der Waals surface area contributed by atoms with Gasteiger partial charge in [0.15, 0.2) is 0 Å². The van der Waals surface area contributed by atoms with E-state index < -0.39 is 0 Å². The molecule has 0 aromatic rings. The van der Waals surface area contributed by atoms with Gasteiger partial charge in [-0.3, -0.25) is 4.79 Å². The van der Waals surface area contributed by atoms with E-state index in [1.165, 1.54) is 0 Å². The fourth-order valence-corrected chi connectivity index (χ4v) is 1.92. The van der Waals surface area contributed by atoms with Crippen molar-refractivity contribution in [2.75, 3.05) is 19.1 Å². The van der Waals surface area contributed by atoms with Crippen LogP contribution in [0.15, 0.2) is 0 Å². The van der Waals surface area contributed by atoms with Crippen LogP contribution in [-0.2, 0) is 9.53 Å². The minimum atomic E-state index is -0.0592. The highest BCUT2D eigenvalue weighted by Crippen LogP contribution is 2.19. The summed E-state index contributed by atoms with van der Waals surface area (Å²) in [5.41, 5.74) is -0.0592. The van der Waals surface area contributed by atoms with E-state index in [0.717, 1.165) is 38.9 Å². The average molecular weight is 234 g/mol. The van der Waals surface area contributed by atoms with Crippen molar-refractivity contribution in [2.45, 2.75) is 44.6 Å². The highest BCUT2D eigenvalue weighted by Gasteiger charge is 2.28. The fraction of sp³-hybridized carbons (Fsp3) is 0.909. The van der Waals surface area contributed by atoms with Gasteiger partial charge in [0.05, 0.1) is 0 Å². The number of halogens is 1. The van der Waals surface area contributed by atoms with E-state index in [0.29, 0.717) is 12.3 Å². The molecule has 88 valence electrons. The predicted molar refractivity (Wildman–Crippen MR) is 61.2 cm³/mol. The zero-order valence-corrected chi connectivity index (χ0v) is 10.1. The summed E-state index contributed by atoms with van der Waals surface area (Å²) in [5, 5.41) is 3.09. The van der Waals surface area contributed by atoms with Crippen LogP contribution >= 0.6 is 11.6 Å². The maximum Gasteiger partial charge on any atom is 0.220 e. The van der Waals surface area contributed by atoms with Gasteiger partial charge in [-0.15, -0.1) is 11.6 Å². The molecule has 1 rings (SSSR count). The van der Waals surface area contributed by atoms with E-state index in [4.69, 9.17) is 16.3 Å². The van der Waals surface area contributed by atoms with Crippen molar-refractivity contribution in [1.82, 2.24) is 5.32 Å². The molecule has 0 unspecified atom stereocenters. The van der Waals surface area contributed by atoms with E-state index in [1.807, 2.05) is 0 Å². The summed E-state index contributed by atoms with van der Waals surface area (Å²) in [6, 6.07) is 0. The van der Waals surface area contributed by atoms with Crippen molar-refractivity contribution >= 4 is 17.5 Å². The number of rotatable bonds is 5. The second kappa shape index (κ2) is 6.33. The Bertz CT molecular complexity index is 203. The van der Waals surface area contributed by atoms with Crippen molar-refractivity contribution < 1.29 is 9.53 Å². The predicted octanol–water partition coefficient (Wildman–Crippen LogP) is 2.08. The zero-order chi connectivity index (χ0) is 11.1. The van der Waals surface area contributed by atoms with Crippen molar-refractivity contribution in [2.24, 2.45) is 0 Å². The molecule has 3 nitrogen and oxygen atoms in total. The summed E-state index contributed by atoms with van der Waals surface area (Å²) >= 11 is 5.56. The van der Waals surface area contributed by atoms with Crippen molar-refractivity contribution in [3.8, 4) is 0 Å². The maximum absolute atomic E-state index is 11.6. The molecule has 1 fully saturated rings. The molecule has 15 heavy (non-hydrogen) atoms. The summed E-state index contributed by atoms with van der Waals surface area (Å²) in [4.78, 5) is 11.6. The number of carbonyl (C=O) groups excluding carboxylic acids is 1. The molecule has 1 amide bonds. The quantitative estimate of drug-likeness (QED) is 0.583. The van der Waals surface area contributed by atoms with Crippen LogP contribution in [0.1, 0.15) is 39.0 Å². The van der Waals surface area contributed by atoms with Gasteiger partial charge < -0.3 is 10.1 Å². The molecule has 1 N–H and O–H groups in total. The number of hydrogen-bond acceptors (Lipinski definition) is 2. The fourth-order valence-electron chi connectivity index (χ4n) is 1.73. The molecule has 0 aliphatic carbocycles. The molecule has 1 heterocycles. The number of alkyl halides is 1. The minimum Gasteiger partial charge on any atom is -0.381 e. The third-order valence-corrected chi connectivity index (χ3v) is 3.09. The normalized spacial score (nSPS) is 19.9. The molecule has 0 spiro atoms. The highest BCUT2D eigenvalue weighted by atomic mass is 35.5. The van der Waals surface area contributed by atoms with E-state index in [9.17, 15) is 4.79 Å². The van der Waals surface area contributed by atoms with Crippen LogP contribution < -0.4 is 5.32 Å². The maximum atomic E-state index is 11.6. The molecule has 1 aliphatic rings. The van der Waals surface area contributed by atoms with Crippen LogP contribution in [0, 0.1) is 0 Å². The molecule has 0 radical (unpaired) electrons. The van der Waals surface area contributed by atoms with Gasteiger partial charge in [0, 0.05) is 31.1 Å². The van der Waals surface area contributed by atoms with Crippen molar-refractivity contribution in [1.29, 1.82) is 0 Å². The zero-order valence-electron chi connectivity index (χ0n) is 9.35. The number of hydrogen-bond donors (Lipinski definition) is 1. The number of nitrogens with one attached hydrogen (secondary N) is 1. The average Bonchev–Trinajstić information content (AvgIpc) is 2.18. The number of unbranched alkanes of at least 4 members (excludes halogenated alkanes) is 1. The van der Waals surface area contributed by atoms with Crippen LogP contribution in [0.25, 0.3) is 0 Å². The van der Waals surface area contributed by atoms with Crippen LogP contribution in [0.2, 0.25) is 0 Å². The van der Waals surface area contributed by atoms with Crippen LogP contribution in [-0.4, -0.2) is 30.5 Å². The minimum absolute atomic E-state index is 0.0592. The lowest BCUT2D eigenvalue weighted by Crippen LogP contribution is -2.49. The van der Waals surface area contributed by atoms with Gasteiger partial charge in [-0.1, -0.05) is 0 Å². The first-order chi connectivity index (χ1) is 7.16. The molecule has 0 bridgehead atoms. The van der Waals surface area contributed by atoms with Gasteiger partial charge in [-0.05, 0) is 32.6 Å². The van der Waals surface area contributed by atoms with Gasteiger partial charge in [0.25, 0.3) is 0 Å². The Morgan fingerprint density at radius 1 is 1.40 bits per heavy atom. The Balaban J connectivity index is 2.23. The second-order valence-electron chi connectivity index (χ2n) is 4.37. The molecule has 0 aromatic carbocycles. The molecule has 1 saturated heterocycles. The van der Waals surface area contributed by atoms with Crippen LogP contribution in [0.5, 0.6) is 0 Å². The van der Waals surface area contributed by atoms with E-state index >= 15 is 0 Å². The highest BCUT2D eigenvalue weighted by molar-refractivity contribution is 6.17. The molecule has 0 saturated carbocycles.